The van der Waals surface area contributed by atoms with Gasteiger partial charge in [-0.1, -0.05) is 17.7 Å². The third-order valence-electron chi connectivity index (χ3n) is 4.05. The monoisotopic (exact) mass is 315 g/mol. The third-order valence-corrected chi connectivity index (χ3v) is 4.35. The number of para-hydroxylation sites is 1. The number of nitrogens with one attached hydrogen (secondary N) is 1. The van der Waals surface area contributed by atoms with Gasteiger partial charge in [0.05, 0.1) is 33.9 Å². The molecule has 0 bridgehead atoms. The van der Waals surface area contributed by atoms with Crippen molar-refractivity contribution in [2.45, 2.75) is 18.9 Å². The first-order valence-corrected chi connectivity index (χ1v) is 7.50. The van der Waals surface area contributed by atoms with Crippen LogP contribution in [-0.2, 0) is 0 Å². The topological polar surface area (TPSA) is 89.6 Å². The molecule has 0 amide bonds. The Morgan fingerprint density at radius 1 is 1.41 bits per heavy atom. The quantitative estimate of drug-likeness (QED) is 0.775. The van der Waals surface area contributed by atoms with E-state index < -0.39 is 0 Å². The van der Waals surface area contributed by atoms with Crippen LogP contribution >= 0.6 is 11.6 Å². The number of hydrogen-bond acceptors (Lipinski definition) is 4. The lowest BCUT2D eigenvalue weighted by Crippen LogP contribution is -2.29. The predicted octanol–water partition coefficient (Wildman–Crippen LogP) is 2.17. The van der Waals surface area contributed by atoms with Gasteiger partial charge in [0.15, 0.2) is 0 Å². The summed E-state index contributed by atoms with van der Waals surface area (Å²) in [6.45, 7) is 0. The van der Waals surface area contributed by atoms with E-state index in [0.29, 0.717) is 33.4 Å². The molecule has 1 fully saturated rings. The van der Waals surface area contributed by atoms with Crippen molar-refractivity contribution < 1.29 is 0 Å². The lowest BCUT2D eigenvalue weighted by molar-refractivity contribution is 0.574. The molecule has 1 aromatic carbocycles. The van der Waals surface area contributed by atoms with Gasteiger partial charge >= 0.3 is 0 Å². The Kier molecular flexibility index (Phi) is 3.02. The van der Waals surface area contributed by atoms with E-state index in [0.717, 1.165) is 12.8 Å². The largest absolute Gasteiger partial charge is 0.321 e. The fraction of sp³-hybridized carbons (Fsp3) is 0.267. The van der Waals surface area contributed by atoms with E-state index in [4.69, 9.17) is 17.3 Å². The number of hydrogen-bond donors (Lipinski definition) is 2. The lowest BCUT2D eigenvalue weighted by atomic mass is 10.1. The second-order valence-corrected chi connectivity index (χ2v) is 5.97. The van der Waals surface area contributed by atoms with E-state index in [1.807, 2.05) is 0 Å². The first-order valence-electron chi connectivity index (χ1n) is 7.12. The van der Waals surface area contributed by atoms with Crippen LogP contribution in [0.15, 0.2) is 35.4 Å². The zero-order valence-electron chi connectivity index (χ0n) is 11.7. The van der Waals surface area contributed by atoms with Crippen LogP contribution in [0.2, 0.25) is 5.02 Å². The number of aromatic nitrogens is 4. The van der Waals surface area contributed by atoms with Gasteiger partial charge in [0.25, 0.3) is 5.56 Å². The molecule has 2 aromatic heterocycles. The van der Waals surface area contributed by atoms with Crippen molar-refractivity contribution in [3.05, 3.63) is 51.8 Å². The molecule has 0 saturated heterocycles. The Hall–Kier alpha value is -2.18. The molecule has 4 rings (SSSR count). The highest BCUT2D eigenvalue weighted by molar-refractivity contribution is 6.34. The van der Waals surface area contributed by atoms with Crippen LogP contribution in [0.25, 0.3) is 16.6 Å². The Morgan fingerprint density at radius 2 is 2.23 bits per heavy atom. The Bertz CT molecular complexity index is 898. The van der Waals surface area contributed by atoms with Crippen molar-refractivity contribution >= 4 is 22.5 Å². The van der Waals surface area contributed by atoms with Crippen LogP contribution in [0.4, 0.5) is 0 Å². The Labute approximate surface area is 130 Å². The summed E-state index contributed by atoms with van der Waals surface area (Å²) in [4.78, 5) is 17.5. The average molecular weight is 316 g/mol. The van der Waals surface area contributed by atoms with Gasteiger partial charge in [-0.25, -0.2) is 4.98 Å². The molecule has 1 atom stereocenters. The standard InChI is InChI=1S/C15H14ClN5O/c16-11-3-1-2-10-13(11)20-14(12(17)8-4-5-8)21(15(10)22)9-6-18-19-7-9/h1-3,6-8,12H,4-5,17H2,(H,18,19). The number of H-pyrrole nitrogens is 1. The molecule has 1 aliphatic carbocycles. The molecule has 0 aliphatic heterocycles. The molecule has 0 radical (unpaired) electrons. The highest BCUT2D eigenvalue weighted by Crippen LogP contribution is 2.39. The fourth-order valence-corrected chi connectivity index (χ4v) is 2.91. The summed E-state index contributed by atoms with van der Waals surface area (Å²) in [6, 6.07) is 4.90. The maximum Gasteiger partial charge on any atom is 0.266 e. The van der Waals surface area contributed by atoms with E-state index in [1.165, 1.54) is 4.57 Å². The molecule has 22 heavy (non-hydrogen) atoms. The average Bonchev–Trinajstić information content (AvgIpc) is 3.23. The van der Waals surface area contributed by atoms with Crippen molar-refractivity contribution in [2.75, 3.05) is 0 Å². The number of aromatic amines is 1. The van der Waals surface area contributed by atoms with Crippen molar-refractivity contribution in [1.29, 1.82) is 0 Å². The number of benzene rings is 1. The second-order valence-electron chi connectivity index (χ2n) is 5.57. The highest BCUT2D eigenvalue weighted by Gasteiger charge is 2.33. The van der Waals surface area contributed by atoms with Gasteiger partial charge in [-0.05, 0) is 30.9 Å². The first kappa shape index (κ1) is 13.5. The van der Waals surface area contributed by atoms with Gasteiger partial charge in [0.1, 0.15) is 5.82 Å². The number of halogens is 1. The summed E-state index contributed by atoms with van der Waals surface area (Å²) in [6.07, 6.45) is 5.36. The van der Waals surface area contributed by atoms with E-state index in [1.54, 1.807) is 30.6 Å². The van der Waals surface area contributed by atoms with Crippen LogP contribution in [0, 0.1) is 5.92 Å². The molecule has 1 saturated carbocycles. The van der Waals surface area contributed by atoms with E-state index in [2.05, 4.69) is 15.2 Å². The molecule has 6 nitrogen and oxygen atoms in total. The Balaban J connectivity index is 2.08. The SMILES string of the molecule is NC(c1nc2c(Cl)cccc2c(=O)n1-c1cn[nH]c1)C1CC1. The van der Waals surface area contributed by atoms with Gasteiger partial charge in [-0.2, -0.15) is 5.10 Å². The van der Waals surface area contributed by atoms with Crippen LogP contribution in [0.3, 0.4) is 0 Å². The second kappa shape index (κ2) is 4.93. The minimum Gasteiger partial charge on any atom is -0.321 e. The fourth-order valence-electron chi connectivity index (χ4n) is 2.70. The van der Waals surface area contributed by atoms with E-state index in [-0.39, 0.29) is 11.6 Å². The van der Waals surface area contributed by atoms with Gasteiger partial charge in [-0.15, -0.1) is 0 Å². The summed E-state index contributed by atoms with van der Waals surface area (Å²) >= 11 is 6.21. The van der Waals surface area contributed by atoms with Gasteiger partial charge in [0, 0.05) is 6.20 Å². The smallest absolute Gasteiger partial charge is 0.266 e. The summed E-state index contributed by atoms with van der Waals surface area (Å²) in [5.41, 5.74) is 7.27. The normalized spacial score (nSPS) is 16.1. The molecule has 1 unspecified atom stereocenters. The summed E-state index contributed by atoms with van der Waals surface area (Å²) < 4.78 is 1.53. The molecule has 112 valence electrons. The van der Waals surface area contributed by atoms with Crippen molar-refractivity contribution in [3.63, 3.8) is 0 Å². The molecule has 1 aliphatic rings. The molecule has 0 spiro atoms. The maximum absolute atomic E-state index is 12.9. The van der Waals surface area contributed by atoms with Gasteiger partial charge < -0.3 is 5.73 Å². The molecular formula is C15H14ClN5O. The molecular weight excluding hydrogens is 302 g/mol. The Morgan fingerprint density at radius 3 is 2.91 bits per heavy atom. The molecule has 7 heteroatoms. The summed E-state index contributed by atoms with van der Waals surface area (Å²) in [7, 11) is 0. The van der Waals surface area contributed by atoms with Gasteiger partial charge in [-0.3, -0.25) is 14.5 Å². The van der Waals surface area contributed by atoms with Gasteiger partial charge in [0.2, 0.25) is 0 Å². The lowest BCUT2D eigenvalue weighted by Gasteiger charge is -2.17. The number of rotatable bonds is 3. The molecule has 3 N–H and O–H groups in total. The number of fused-ring (bicyclic) bond motifs is 1. The third kappa shape index (κ3) is 2.03. The minimum absolute atomic E-state index is 0.181. The van der Waals surface area contributed by atoms with Crippen LogP contribution in [0.1, 0.15) is 24.7 Å². The van der Waals surface area contributed by atoms with Crippen LogP contribution in [-0.4, -0.2) is 19.7 Å². The first-order chi connectivity index (χ1) is 10.7. The molecule has 3 aromatic rings. The van der Waals surface area contributed by atoms with Crippen molar-refractivity contribution in [2.24, 2.45) is 11.7 Å². The number of nitrogens with zero attached hydrogens (tertiary/aromatic N) is 3. The number of nitrogens with two attached hydrogens (primary N) is 1. The zero-order valence-corrected chi connectivity index (χ0v) is 12.4. The predicted molar refractivity (Wildman–Crippen MR) is 84.1 cm³/mol. The van der Waals surface area contributed by atoms with E-state index in [9.17, 15) is 4.79 Å². The minimum atomic E-state index is -0.289. The van der Waals surface area contributed by atoms with Crippen LogP contribution < -0.4 is 11.3 Å². The summed E-state index contributed by atoms with van der Waals surface area (Å²) in [5.74, 6) is 0.902. The maximum atomic E-state index is 12.9. The van der Waals surface area contributed by atoms with Crippen molar-refractivity contribution in [3.8, 4) is 5.69 Å². The van der Waals surface area contributed by atoms with E-state index >= 15 is 0 Å². The van der Waals surface area contributed by atoms with Crippen molar-refractivity contribution in [1.82, 2.24) is 19.7 Å². The highest BCUT2D eigenvalue weighted by atomic mass is 35.5. The molecule has 2 heterocycles. The summed E-state index contributed by atoms with van der Waals surface area (Å²) in [5, 5.41) is 7.57. The van der Waals surface area contributed by atoms with Crippen LogP contribution in [0.5, 0.6) is 0 Å². The zero-order chi connectivity index (χ0) is 15.3.